The maximum atomic E-state index is 10.8. The molecule has 0 heterocycles. The fourth-order valence-electron chi connectivity index (χ4n) is 0.808. The predicted octanol–water partition coefficient (Wildman–Crippen LogP) is -4.96. The van der Waals surface area contributed by atoms with Crippen LogP contribution in [0.25, 0.3) is 0 Å². The van der Waals surface area contributed by atoms with Crippen molar-refractivity contribution in [2.45, 2.75) is 45.9 Å². The molecule has 0 saturated carbocycles. The van der Waals surface area contributed by atoms with Crippen molar-refractivity contribution in [2.75, 3.05) is 0 Å². The van der Waals surface area contributed by atoms with E-state index < -0.39 is 17.7 Å². The van der Waals surface area contributed by atoms with Gasteiger partial charge in [0.15, 0.2) is 0 Å². The van der Waals surface area contributed by atoms with Crippen LogP contribution in [0.5, 0.6) is 0 Å². The van der Waals surface area contributed by atoms with Gasteiger partial charge in [0.05, 0.1) is 0 Å². The van der Waals surface area contributed by atoms with Crippen LogP contribution in [0.3, 0.4) is 0 Å². The summed E-state index contributed by atoms with van der Waals surface area (Å²) in [4.78, 5) is 10.8. The monoisotopic (exact) mass is 237 g/mol. The third-order valence-electron chi connectivity index (χ3n) is 2.28. The molecule has 15 heavy (non-hydrogen) atoms. The molecular formula is C9H21NNa2O3. The largest absolute Gasteiger partial charge is 1.00 e. The van der Waals surface area contributed by atoms with E-state index in [1.54, 1.807) is 13.8 Å². The summed E-state index contributed by atoms with van der Waals surface area (Å²) in [5, 5.41) is 21.1. The Kier molecular flexibility index (Phi) is 13.6. The first kappa shape index (κ1) is 21.7. The average Bonchev–Trinajstić information content (AvgIpc) is 2.03. The Hall–Kier alpha value is 1.39. The van der Waals surface area contributed by atoms with Gasteiger partial charge in [-0.2, -0.15) is 0 Å². The van der Waals surface area contributed by atoms with Gasteiger partial charge in [-0.1, -0.05) is 20.8 Å². The number of carbonyl (C=O) groups is 1. The van der Waals surface area contributed by atoms with Crippen LogP contribution < -0.4 is 64.4 Å². The quantitative estimate of drug-likeness (QED) is 0.331. The molecule has 0 saturated heterocycles. The minimum atomic E-state index is -1.04. The Morgan fingerprint density at radius 1 is 1.47 bits per heavy atom. The van der Waals surface area contributed by atoms with Gasteiger partial charge < -0.3 is 13.1 Å². The summed E-state index contributed by atoms with van der Waals surface area (Å²) >= 11 is 0. The molecule has 0 radical (unpaired) electrons. The number of nitrogens with one attached hydrogen (secondary N) is 1. The van der Waals surface area contributed by atoms with E-state index >= 15 is 0 Å². The molecule has 0 fully saturated rings. The van der Waals surface area contributed by atoms with E-state index in [4.69, 9.17) is 5.11 Å². The van der Waals surface area contributed by atoms with Gasteiger partial charge in [-0.15, -0.1) is 0 Å². The molecule has 0 aromatic heterocycles. The van der Waals surface area contributed by atoms with Crippen LogP contribution in [0.1, 0.15) is 37.0 Å². The van der Waals surface area contributed by atoms with Crippen LogP contribution in [0.2, 0.25) is 0 Å². The third kappa shape index (κ3) is 7.34. The van der Waals surface area contributed by atoms with Crippen molar-refractivity contribution in [3.05, 3.63) is 0 Å². The van der Waals surface area contributed by atoms with Crippen LogP contribution >= 0.6 is 0 Å². The molecule has 2 unspecified atom stereocenters. The van der Waals surface area contributed by atoms with Gasteiger partial charge >= 0.3 is 65.1 Å². The Bertz CT molecular complexity index is 199. The van der Waals surface area contributed by atoms with Crippen LogP contribution in [0, 0.1) is 5.92 Å². The summed E-state index contributed by atoms with van der Waals surface area (Å²) in [6, 6.07) is 0. The van der Waals surface area contributed by atoms with Crippen molar-refractivity contribution in [3.8, 4) is 0 Å². The zero-order valence-electron chi connectivity index (χ0n) is 12.7. The first-order valence-electron chi connectivity index (χ1n) is 4.52. The predicted molar refractivity (Wildman–Crippen MR) is 52.5 cm³/mol. The molecule has 2 atom stereocenters. The Morgan fingerprint density at radius 3 is 2.07 bits per heavy atom. The molecule has 0 spiro atoms. The number of aliphatic carboxylic acids is 1. The zero-order valence-corrected chi connectivity index (χ0v) is 14.7. The normalized spacial score (nSPS) is 15.9. The number of carboxylic acid groups (broad SMARTS) is 1. The van der Waals surface area contributed by atoms with Gasteiger partial charge in [0.2, 0.25) is 0 Å². The average molecular weight is 237 g/mol. The number of carboxylic acids is 1. The summed E-state index contributed by atoms with van der Waals surface area (Å²) < 4.78 is 0. The van der Waals surface area contributed by atoms with Gasteiger partial charge in [0.25, 0.3) is 0 Å². The van der Waals surface area contributed by atoms with Crippen molar-refractivity contribution in [2.24, 2.45) is 5.92 Å². The molecular weight excluding hydrogens is 216 g/mol. The molecule has 3 N–H and O–H groups in total. The van der Waals surface area contributed by atoms with Gasteiger partial charge in [-0.25, -0.2) is 0 Å². The molecule has 6 heteroatoms. The Morgan fingerprint density at radius 2 is 1.87 bits per heavy atom. The molecule has 0 aliphatic rings. The fourth-order valence-corrected chi connectivity index (χ4v) is 0.808. The van der Waals surface area contributed by atoms with E-state index in [2.05, 4.69) is 5.32 Å². The summed E-state index contributed by atoms with van der Waals surface area (Å²) in [6.45, 7) is 7.00. The second-order valence-electron chi connectivity index (χ2n) is 3.82. The van der Waals surface area contributed by atoms with Crippen LogP contribution in [-0.2, 0) is 4.79 Å². The van der Waals surface area contributed by atoms with Gasteiger partial charge in [0.1, 0.15) is 11.8 Å². The first-order valence-corrected chi connectivity index (χ1v) is 4.52. The van der Waals surface area contributed by atoms with Crippen molar-refractivity contribution in [1.82, 2.24) is 5.32 Å². The third-order valence-corrected chi connectivity index (χ3v) is 2.28. The smallest absolute Gasteiger partial charge is 1.00 e. The minimum Gasteiger partial charge on any atom is -1.00 e. The number of hydrogen-bond acceptors (Lipinski definition) is 3. The molecule has 0 aliphatic heterocycles. The van der Waals surface area contributed by atoms with E-state index in [-0.39, 0.29) is 67.9 Å². The number of aliphatic hydroxyl groups excluding tert-OH is 1. The van der Waals surface area contributed by atoms with E-state index in [1.165, 1.54) is 0 Å². The van der Waals surface area contributed by atoms with Gasteiger partial charge in [-0.05, 0) is 19.3 Å². The molecule has 0 aromatic rings. The number of hydrogen-bond donors (Lipinski definition) is 3. The van der Waals surface area contributed by atoms with Crippen LogP contribution in [-0.4, -0.2) is 27.9 Å². The van der Waals surface area contributed by atoms with Crippen molar-refractivity contribution >= 4 is 5.97 Å². The summed E-state index contributed by atoms with van der Waals surface area (Å²) in [5.41, 5.74) is -1.04. The topological polar surface area (TPSA) is 69.6 Å². The molecule has 0 aliphatic carbocycles. The van der Waals surface area contributed by atoms with E-state index in [9.17, 15) is 9.90 Å². The maximum Gasteiger partial charge on any atom is 1.00 e. The number of rotatable bonds is 5. The Balaban J connectivity index is -0.000000120. The second-order valence-corrected chi connectivity index (χ2v) is 3.82. The second kappa shape index (κ2) is 9.42. The molecule has 0 bridgehead atoms. The zero-order chi connectivity index (χ0) is 10.6. The minimum absolute atomic E-state index is 0. The fraction of sp³-hybridized carbons (Fsp3) is 0.889. The molecule has 0 rings (SSSR count). The standard InChI is InChI=1S/C9H19NO3.2Na.2H/c1-5-9(4,8(12)13)10-7(11)6(2)3;;;;/h6-7,10-11H,5H2,1-4H3,(H,12,13);;;;/q;2*+1;2*-1. The molecule has 4 nitrogen and oxygen atoms in total. The van der Waals surface area contributed by atoms with Gasteiger partial charge in [-0.3, -0.25) is 10.1 Å². The van der Waals surface area contributed by atoms with Crippen LogP contribution in [0.4, 0.5) is 0 Å². The molecule has 0 amide bonds. The number of aliphatic hydroxyl groups is 1. The summed E-state index contributed by atoms with van der Waals surface area (Å²) in [6.07, 6.45) is -0.340. The van der Waals surface area contributed by atoms with Crippen molar-refractivity contribution in [3.63, 3.8) is 0 Å². The Labute approximate surface area is 139 Å². The molecule has 82 valence electrons. The SMILES string of the molecule is CCC(C)(NC(O)C(C)C)C(=O)O.[H-].[H-].[Na+].[Na+]. The van der Waals surface area contributed by atoms with E-state index in [0.717, 1.165) is 0 Å². The van der Waals surface area contributed by atoms with E-state index in [1.807, 2.05) is 13.8 Å². The summed E-state index contributed by atoms with van der Waals surface area (Å²) in [5.74, 6) is -0.931. The van der Waals surface area contributed by atoms with Gasteiger partial charge in [0, 0.05) is 0 Å². The van der Waals surface area contributed by atoms with Crippen LogP contribution in [0.15, 0.2) is 0 Å². The first-order chi connectivity index (χ1) is 5.83. The molecule has 0 aromatic carbocycles. The van der Waals surface area contributed by atoms with Crippen molar-refractivity contribution < 1.29 is 77.0 Å². The van der Waals surface area contributed by atoms with Crippen molar-refractivity contribution in [1.29, 1.82) is 0 Å². The maximum absolute atomic E-state index is 10.8. The van der Waals surface area contributed by atoms with E-state index in [0.29, 0.717) is 6.42 Å². The summed E-state index contributed by atoms with van der Waals surface area (Å²) in [7, 11) is 0.